The summed E-state index contributed by atoms with van der Waals surface area (Å²) in [6, 6.07) is 0. The first-order chi connectivity index (χ1) is 35.6. The number of carbonyl (C=O) groups excluding carboxylic acids is 3. The molecule has 1 fully saturated rings. The van der Waals surface area contributed by atoms with Gasteiger partial charge in [-0.3, -0.25) is 14.4 Å². The molecule has 0 saturated carbocycles. The van der Waals surface area contributed by atoms with Crippen molar-refractivity contribution < 1.29 is 58.2 Å². The van der Waals surface area contributed by atoms with Crippen LogP contribution in [-0.2, 0) is 42.9 Å². The summed E-state index contributed by atoms with van der Waals surface area (Å²) in [6.45, 7) is 5.77. The highest BCUT2D eigenvalue weighted by atomic mass is 16.7. The number of esters is 3. The summed E-state index contributed by atoms with van der Waals surface area (Å²) in [5, 5.41) is 31.4. The standard InChI is InChI=1S/C61H100O12/c1-4-7-10-13-16-19-22-25-26-27-28-31-34-37-40-43-46-49-55(64)72-59-57(66)56(65)58(60(67)68)73-61(59)70-51-52(71-54(63)48-45-42-39-36-33-30-24-21-18-15-12-9-6-3)50-69-53(62)47-44-41-38-35-32-29-23-20-17-14-11-8-5-2/h7,10-11,14,16,19-20,23,25-26,28,31,37,40,52,56-59,61,65-66H,4-6,8-9,12-13,15,17-18,21-22,24,27,29-30,32-36,38-39,41-51H2,1-3H3,(H,67,68)/b10-7-,14-11-,19-16-,23-20-,26-25-,31-28-,40-37-. The molecule has 0 aromatic carbocycles. The number of ether oxygens (including phenoxy) is 5. The fourth-order valence-electron chi connectivity index (χ4n) is 8.09. The van der Waals surface area contributed by atoms with Crippen molar-refractivity contribution in [2.75, 3.05) is 13.2 Å². The van der Waals surface area contributed by atoms with Crippen LogP contribution in [0.5, 0.6) is 0 Å². The van der Waals surface area contributed by atoms with Gasteiger partial charge in [0, 0.05) is 19.3 Å². The Morgan fingerprint density at radius 1 is 0.466 bits per heavy atom. The molecule has 0 spiro atoms. The molecule has 1 saturated heterocycles. The number of aliphatic carboxylic acids is 1. The van der Waals surface area contributed by atoms with Crippen LogP contribution in [0.15, 0.2) is 85.1 Å². The Hall–Kier alpha value is -4.10. The molecule has 1 aliphatic heterocycles. The monoisotopic (exact) mass is 1020 g/mol. The van der Waals surface area contributed by atoms with Crippen LogP contribution in [0.2, 0.25) is 0 Å². The number of carbonyl (C=O) groups is 4. The number of aliphatic hydroxyl groups is 2. The highest BCUT2D eigenvalue weighted by Crippen LogP contribution is 2.26. The number of aliphatic hydroxyl groups excluding tert-OH is 2. The smallest absolute Gasteiger partial charge is 0.335 e. The van der Waals surface area contributed by atoms with Crippen LogP contribution in [0.4, 0.5) is 0 Å². The van der Waals surface area contributed by atoms with Gasteiger partial charge in [0.25, 0.3) is 0 Å². The topological polar surface area (TPSA) is 175 Å². The average Bonchev–Trinajstić information content (AvgIpc) is 3.37. The van der Waals surface area contributed by atoms with E-state index >= 15 is 0 Å². The molecule has 0 bridgehead atoms. The fraction of sp³-hybridized carbons (Fsp3) is 0.705. The highest BCUT2D eigenvalue weighted by Gasteiger charge is 2.50. The molecule has 0 aromatic heterocycles. The summed E-state index contributed by atoms with van der Waals surface area (Å²) in [7, 11) is 0. The number of carboxylic acids is 1. The van der Waals surface area contributed by atoms with Gasteiger partial charge in [-0.15, -0.1) is 0 Å². The predicted molar refractivity (Wildman–Crippen MR) is 294 cm³/mol. The number of carboxylic acid groups (broad SMARTS) is 1. The lowest BCUT2D eigenvalue weighted by Crippen LogP contribution is -2.61. The van der Waals surface area contributed by atoms with E-state index < -0.39 is 67.3 Å². The van der Waals surface area contributed by atoms with Crippen molar-refractivity contribution >= 4 is 23.9 Å². The third kappa shape index (κ3) is 39.0. The zero-order valence-corrected chi connectivity index (χ0v) is 45.6. The molecule has 6 atom stereocenters. The van der Waals surface area contributed by atoms with E-state index in [0.29, 0.717) is 25.7 Å². The van der Waals surface area contributed by atoms with Gasteiger partial charge < -0.3 is 39.0 Å². The van der Waals surface area contributed by atoms with Gasteiger partial charge in [-0.05, 0) is 83.5 Å². The van der Waals surface area contributed by atoms with Gasteiger partial charge in [0.2, 0.25) is 0 Å². The Kier molecular flexibility index (Phi) is 44.7. The predicted octanol–water partition coefficient (Wildman–Crippen LogP) is 14.3. The second-order valence-corrected chi connectivity index (χ2v) is 19.2. The van der Waals surface area contributed by atoms with Crippen molar-refractivity contribution in [3.05, 3.63) is 85.1 Å². The normalized spacial score (nSPS) is 18.9. The maximum absolute atomic E-state index is 13.1. The van der Waals surface area contributed by atoms with Crippen molar-refractivity contribution in [2.24, 2.45) is 0 Å². The third-order valence-corrected chi connectivity index (χ3v) is 12.4. The minimum atomic E-state index is -1.93. The van der Waals surface area contributed by atoms with E-state index in [0.717, 1.165) is 103 Å². The molecule has 0 radical (unpaired) electrons. The molecule has 6 unspecified atom stereocenters. The fourth-order valence-corrected chi connectivity index (χ4v) is 8.09. The van der Waals surface area contributed by atoms with Crippen LogP contribution < -0.4 is 0 Å². The second-order valence-electron chi connectivity index (χ2n) is 19.2. The van der Waals surface area contributed by atoms with Crippen molar-refractivity contribution in [1.29, 1.82) is 0 Å². The molecular formula is C61H100O12. The minimum Gasteiger partial charge on any atom is -0.479 e. The lowest BCUT2D eigenvalue weighted by Gasteiger charge is -2.40. The molecule has 1 rings (SSSR count). The molecule has 12 heteroatoms. The van der Waals surface area contributed by atoms with Crippen LogP contribution in [0, 0.1) is 0 Å². The summed E-state index contributed by atoms with van der Waals surface area (Å²) in [5.74, 6) is -3.22. The first-order valence-corrected chi connectivity index (χ1v) is 28.6. The van der Waals surface area contributed by atoms with E-state index in [-0.39, 0.29) is 25.9 Å². The molecule has 416 valence electrons. The van der Waals surface area contributed by atoms with E-state index in [4.69, 9.17) is 23.7 Å². The number of rotatable bonds is 47. The van der Waals surface area contributed by atoms with E-state index in [2.05, 4.69) is 93.7 Å². The molecule has 1 aliphatic rings. The second kappa shape index (κ2) is 48.8. The van der Waals surface area contributed by atoms with Crippen molar-refractivity contribution in [3.8, 4) is 0 Å². The van der Waals surface area contributed by atoms with Gasteiger partial charge in [0.15, 0.2) is 24.6 Å². The van der Waals surface area contributed by atoms with Crippen LogP contribution >= 0.6 is 0 Å². The zero-order chi connectivity index (χ0) is 53.3. The van der Waals surface area contributed by atoms with E-state index in [9.17, 15) is 34.5 Å². The first-order valence-electron chi connectivity index (χ1n) is 28.6. The number of hydrogen-bond acceptors (Lipinski definition) is 11. The Morgan fingerprint density at radius 2 is 0.904 bits per heavy atom. The van der Waals surface area contributed by atoms with Crippen molar-refractivity contribution in [2.45, 2.75) is 263 Å². The van der Waals surface area contributed by atoms with Gasteiger partial charge in [-0.1, -0.05) is 209 Å². The van der Waals surface area contributed by atoms with Crippen molar-refractivity contribution in [1.82, 2.24) is 0 Å². The Labute approximate surface area is 441 Å². The van der Waals surface area contributed by atoms with Crippen LogP contribution in [0.25, 0.3) is 0 Å². The zero-order valence-electron chi connectivity index (χ0n) is 45.6. The Morgan fingerprint density at radius 3 is 1.41 bits per heavy atom. The molecule has 1 heterocycles. The molecule has 73 heavy (non-hydrogen) atoms. The van der Waals surface area contributed by atoms with E-state index in [1.54, 1.807) is 0 Å². The maximum Gasteiger partial charge on any atom is 0.335 e. The van der Waals surface area contributed by atoms with E-state index in [1.165, 1.54) is 57.8 Å². The lowest BCUT2D eigenvalue weighted by molar-refractivity contribution is -0.301. The number of hydrogen-bond donors (Lipinski definition) is 3. The largest absolute Gasteiger partial charge is 0.479 e. The average molecular weight is 1030 g/mol. The van der Waals surface area contributed by atoms with Gasteiger partial charge in [-0.2, -0.15) is 0 Å². The Bertz CT molecular complexity index is 1590. The summed E-state index contributed by atoms with van der Waals surface area (Å²) in [6.07, 6.45) is 49.9. The SMILES string of the molecule is CC/C=C\C/C=C\C/C=C\C/C=C\C/C=C\CCCC(=O)OC1C(OCC(COC(=O)CCCCCCC/C=C\C/C=C\CCC)OC(=O)CCCCCCCCCCCCCCC)OC(C(=O)O)C(O)C1O. The number of unbranched alkanes of at least 4 members (excludes halogenated alkanes) is 19. The van der Waals surface area contributed by atoms with Crippen molar-refractivity contribution in [3.63, 3.8) is 0 Å². The molecule has 12 nitrogen and oxygen atoms in total. The van der Waals surface area contributed by atoms with Gasteiger partial charge in [-0.25, -0.2) is 4.79 Å². The summed E-state index contributed by atoms with van der Waals surface area (Å²) in [4.78, 5) is 51.0. The molecule has 0 amide bonds. The maximum atomic E-state index is 13.1. The summed E-state index contributed by atoms with van der Waals surface area (Å²) in [5.41, 5.74) is 0. The first kappa shape index (κ1) is 66.9. The lowest BCUT2D eigenvalue weighted by atomic mass is 9.98. The van der Waals surface area contributed by atoms with Crippen LogP contribution in [-0.4, -0.2) is 89.2 Å². The molecule has 0 aromatic rings. The molecule has 0 aliphatic carbocycles. The quantitative estimate of drug-likeness (QED) is 0.0228. The molecular weight excluding hydrogens is 925 g/mol. The third-order valence-electron chi connectivity index (χ3n) is 12.4. The molecule has 3 N–H and O–H groups in total. The van der Waals surface area contributed by atoms with Crippen LogP contribution in [0.1, 0.15) is 226 Å². The summed E-state index contributed by atoms with van der Waals surface area (Å²) >= 11 is 0. The summed E-state index contributed by atoms with van der Waals surface area (Å²) < 4.78 is 28.3. The minimum absolute atomic E-state index is 0.0211. The Balaban J connectivity index is 2.75. The number of allylic oxidation sites excluding steroid dienone is 14. The van der Waals surface area contributed by atoms with Gasteiger partial charge in [0.1, 0.15) is 18.8 Å². The van der Waals surface area contributed by atoms with E-state index in [1.807, 2.05) is 12.2 Å². The highest BCUT2D eigenvalue weighted by molar-refractivity contribution is 5.74. The van der Waals surface area contributed by atoms with Gasteiger partial charge >= 0.3 is 23.9 Å². The van der Waals surface area contributed by atoms with Gasteiger partial charge in [0.05, 0.1) is 6.61 Å². The van der Waals surface area contributed by atoms with Crippen LogP contribution in [0.3, 0.4) is 0 Å².